The summed E-state index contributed by atoms with van der Waals surface area (Å²) in [5.74, 6) is 0.597. The van der Waals surface area contributed by atoms with Crippen LogP contribution in [0.25, 0.3) is 0 Å². The fourth-order valence-electron chi connectivity index (χ4n) is 3.53. The number of nitrogens with zero attached hydrogens (tertiary/aromatic N) is 1. The molecule has 1 heterocycles. The third-order valence-electron chi connectivity index (χ3n) is 5.01. The Labute approximate surface area is 160 Å². The highest BCUT2D eigenvalue weighted by molar-refractivity contribution is 5.78. The number of hydrogen-bond donors (Lipinski definition) is 1. The van der Waals surface area contributed by atoms with Gasteiger partial charge < -0.3 is 10.1 Å². The molecule has 2 aromatic rings. The van der Waals surface area contributed by atoms with Crippen LogP contribution in [0.1, 0.15) is 42.5 Å². The number of likely N-dealkylation sites (tertiary alicyclic amines) is 1. The van der Waals surface area contributed by atoms with E-state index in [1.54, 1.807) is 13.0 Å². The van der Waals surface area contributed by atoms with E-state index in [0.717, 1.165) is 30.7 Å². The van der Waals surface area contributed by atoms with Gasteiger partial charge in [0.1, 0.15) is 11.6 Å². The molecule has 0 radical (unpaired) electrons. The number of aryl methyl sites for hydroxylation is 1. The minimum absolute atomic E-state index is 0.0335. The number of nitrogens with one attached hydrogen (secondary N) is 1. The average molecular weight is 370 g/mol. The van der Waals surface area contributed by atoms with Gasteiger partial charge in [-0.1, -0.05) is 24.3 Å². The second-order valence-corrected chi connectivity index (χ2v) is 6.99. The predicted molar refractivity (Wildman–Crippen MR) is 104 cm³/mol. The molecule has 144 valence electrons. The van der Waals surface area contributed by atoms with E-state index < -0.39 is 0 Å². The van der Waals surface area contributed by atoms with Crippen molar-refractivity contribution in [3.63, 3.8) is 0 Å². The van der Waals surface area contributed by atoms with Gasteiger partial charge in [-0.15, -0.1) is 0 Å². The van der Waals surface area contributed by atoms with Crippen molar-refractivity contribution in [1.82, 2.24) is 10.2 Å². The highest BCUT2D eigenvalue weighted by Crippen LogP contribution is 2.32. The third-order valence-corrected chi connectivity index (χ3v) is 5.01. The minimum atomic E-state index is -0.239. The molecule has 1 fully saturated rings. The normalized spacial score (nSPS) is 17.1. The van der Waals surface area contributed by atoms with Crippen LogP contribution in [0.2, 0.25) is 0 Å². The van der Waals surface area contributed by atoms with Crippen LogP contribution in [0.4, 0.5) is 4.39 Å². The van der Waals surface area contributed by atoms with Gasteiger partial charge in [0.15, 0.2) is 0 Å². The van der Waals surface area contributed by atoms with E-state index >= 15 is 0 Å². The molecule has 4 nitrogen and oxygen atoms in total. The first-order valence-corrected chi connectivity index (χ1v) is 9.55. The minimum Gasteiger partial charge on any atom is -0.494 e. The molecule has 5 heteroatoms. The highest BCUT2D eigenvalue weighted by Gasteiger charge is 2.27. The third kappa shape index (κ3) is 5.07. The topological polar surface area (TPSA) is 41.6 Å². The number of benzene rings is 2. The van der Waals surface area contributed by atoms with Gasteiger partial charge in [0.05, 0.1) is 13.2 Å². The maximum atomic E-state index is 13.6. The summed E-state index contributed by atoms with van der Waals surface area (Å²) in [5.41, 5.74) is 2.60. The number of halogens is 1. The quantitative estimate of drug-likeness (QED) is 0.801. The molecular formula is C22H27FN2O2. The Morgan fingerprint density at radius 3 is 2.74 bits per heavy atom. The first-order valence-electron chi connectivity index (χ1n) is 9.55. The summed E-state index contributed by atoms with van der Waals surface area (Å²) in [5, 5.41) is 2.90. The zero-order chi connectivity index (χ0) is 19.2. The molecule has 0 unspecified atom stereocenters. The van der Waals surface area contributed by atoms with E-state index in [0.29, 0.717) is 25.3 Å². The monoisotopic (exact) mass is 370 g/mol. The van der Waals surface area contributed by atoms with Crippen molar-refractivity contribution in [1.29, 1.82) is 0 Å². The molecule has 0 spiro atoms. The van der Waals surface area contributed by atoms with E-state index in [9.17, 15) is 9.18 Å². The van der Waals surface area contributed by atoms with Crippen molar-refractivity contribution in [2.45, 2.75) is 39.3 Å². The number of ether oxygens (including phenoxy) is 1. The van der Waals surface area contributed by atoms with Gasteiger partial charge in [-0.05, 0) is 68.1 Å². The van der Waals surface area contributed by atoms with Crippen LogP contribution < -0.4 is 10.1 Å². The van der Waals surface area contributed by atoms with Crippen molar-refractivity contribution < 1.29 is 13.9 Å². The Bertz CT molecular complexity index is 776. The highest BCUT2D eigenvalue weighted by atomic mass is 19.1. The molecule has 1 amide bonds. The maximum Gasteiger partial charge on any atom is 0.234 e. The maximum absolute atomic E-state index is 13.6. The van der Waals surface area contributed by atoms with Crippen LogP contribution in [0.5, 0.6) is 5.75 Å². The molecule has 1 aliphatic rings. The molecule has 0 bridgehead atoms. The lowest BCUT2D eigenvalue weighted by Gasteiger charge is -2.24. The molecule has 2 aromatic carbocycles. The molecule has 27 heavy (non-hydrogen) atoms. The first-order chi connectivity index (χ1) is 13.1. The molecular weight excluding hydrogens is 343 g/mol. The zero-order valence-corrected chi connectivity index (χ0v) is 16.0. The van der Waals surface area contributed by atoms with E-state index in [2.05, 4.69) is 22.3 Å². The number of hydrogen-bond acceptors (Lipinski definition) is 3. The molecule has 0 aliphatic carbocycles. The van der Waals surface area contributed by atoms with E-state index in [1.165, 1.54) is 11.6 Å². The Hall–Kier alpha value is -2.40. The summed E-state index contributed by atoms with van der Waals surface area (Å²) < 4.78 is 19.1. The van der Waals surface area contributed by atoms with Gasteiger partial charge in [-0.2, -0.15) is 0 Å². The van der Waals surface area contributed by atoms with Gasteiger partial charge in [-0.25, -0.2) is 4.39 Å². The standard InChI is InChI=1S/C22H27FN2O2/c1-3-27-19-10-8-18(9-11-19)21-5-4-12-25(21)15-22(26)24-14-17-7-6-16(2)20(23)13-17/h6-11,13,21H,3-5,12,14-15H2,1-2H3,(H,24,26)/t21-/m0/s1. The molecule has 0 saturated carbocycles. The fraction of sp³-hybridized carbons (Fsp3) is 0.409. The van der Waals surface area contributed by atoms with Gasteiger partial charge in [0, 0.05) is 12.6 Å². The summed E-state index contributed by atoms with van der Waals surface area (Å²) in [4.78, 5) is 14.6. The number of rotatable bonds is 7. The summed E-state index contributed by atoms with van der Waals surface area (Å²) in [7, 11) is 0. The van der Waals surface area contributed by atoms with Crippen molar-refractivity contribution in [3.05, 3.63) is 65.0 Å². The van der Waals surface area contributed by atoms with Crippen LogP contribution >= 0.6 is 0 Å². The molecule has 1 atom stereocenters. The van der Waals surface area contributed by atoms with Gasteiger partial charge in [0.25, 0.3) is 0 Å². The Balaban J connectivity index is 1.55. The second kappa shape index (κ2) is 9.00. The zero-order valence-electron chi connectivity index (χ0n) is 16.0. The number of carbonyl (C=O) groups excluding carboxylic acids is 1. The summed E-state index contributed by atoms with van der Waals surface area (Å²) in [6.07, 6.45) is 2.12. The van der Waals surface area contributed by atoms with E-state index in [1.807, 2.05) is 25.1 Å². The Kier molecular flexibility index (Phi) is 6.45. The lowest BCUT2D eigenvalue weighted by Crippen LogP contribution is -2.36. The van der Waals surface area contributed by atoms with E-state index in [-0.39, 0.29) is 17.8 Å². The smallest absolute Gasteiger partial charge is 0.234 e. The van der Waals surface area contributed by atoms with Crippen molar-refractivity contribution in [2.24, 2.45) is 0 Å². The van der Waals surface area contributed by atoms with Gasteiger partial charge >= 0.3 is 0 Å². The molecule has 1 N–H and O–H groups in total. The SMILES string of the molecule is CCOc1ccc([C@@H]2CCCN2CC(=O)NCc2ccc(C)c(F)c2)cc1. The number of carbonyl (C=O) groups is 1. The van der Waals surface area contributed by atoms with Crippen LogP contribution in [0.3, 0.4) is 0 Å². The predicted octanol–water partition coefficient (Wildman–Crippen LogP) is 3.99. The first kappa shape index (κ1) is 19.4. The number of amides is 1. The van der Waals surface area contributed by atoms with E-state index in [4.69, 9.17) is 4.74 Å². The summed E-state index contributed by atoms with van der Waals surface area (Å²) >= 11 is 0. The Morgan fingerprint density at radius 1 is 1.26 bits per heavy atom. The lowest BCUT2D eigenvalue weighted by molar-refractivity contribution is -0.122. The average Bonchev–Trinajstić information content (AvgIpc) is 3.11. The van der Waals surface area contributed by atoms with Crippen LogP contribution in [-0.4, -0.2) is 30.5 Å². The Morgan fingerprint density at radius 2 is 2.04 bits per heavy atom. The van der Waals surface area contributed by atoms with Gasteiger partial charge in [-0.3, -0.25) is 9.69 Å². The molecule has 3 rings (SSSR count). The summed E-state index contributed by atoms with van der Waals surface area (Å²) in [6, 6.07) is 13.5. The summed E-state index contributed by atoms with van der Waals surface area (Å²) in [6.45, 7) is 5.95. The van der Waals surface area contributed by atoms with Crippen LogP contribution in [-0.2, 0) is 11.3 Å². The fourth-order valence-corrected chi connectivity index (χ4v) is 3.53. The van der Waals surface area contributed by atoms with Gasteiger partial charge in [0.2, 0.25) is 5.91 Å². The van der Waals surface area contributed by atoms with Crippen LogP contribution in [0.15, 0.2) is 42.5 Å². The van der Waals surface area contributed by atoms with Crippen molar-refractivity contribution >= 4 is 5.91 Å². The molecule has 0 aromatic heterocycles. The molecule has 1 saturated heterocycles. The lowest BCUT2D eigenvalue weighted by atomic mass is 10.0. The van der Waals surface area contributed by atoms with Crippen molar-refractivity contribution in [3.8, 4) is 5.75 Å². The largest absolute Gasteiger partial charge is 0.494 e. The second-order valence-electron chi connectivity index (χ2n) is 6.99. The van der Waals surface area contributed by atoms with Crippen LogP contribution in [0, 0.1) is 12.7 Å². The molecule has 1 aliphatic heterocycles. The van der Waals surface area contributed by atoms with Crippen molar-refractivity contribution in [2.75, 3.05) is 19.7 Å².